The van der Waals surface area contributed by atoms with E-state index in [1.165, 1.54) is 11.1 Å². The molecular formula is C16H15NS. The minimum absolute atomic E-state index is 0.704. The van der Waals surface area contributed by atoms with Gasteiger partial charge in [0.1, 0.15) is 0 Å². The summed E-state index contributed by atoms with van der Waals surface area (Å²) in [5.74, 6) is 1.16. The monoisotopic (exact) mass is 253 g/mol. The smallest absolute Gasteiger partial charge is 0.0991 e. The molecule has 0 aliphatic heterocycles. The average molecular weight is 253 g/mol. The normalized spacial score (nSPS) is 10.0. The molecule has 0 amide bonds. The van der Waals surface area contributed by atoms with Crippen molar-refractivity contribution in [1.29, 1.82) is 5.26 Å². The van der Waals surface area contributed by atoms with Crippen LogP contribution in [0.1, 0.15) is 11.1 Å². The van der Waals surface area contributed by atoms with Gasteiger partial charge < -0.3 is 0 Å². The van der Waals surface area contributed by atoms with Crippen LogP contribution in [0.15, 0.2) is 48.5 Å². The van der Waals surface area contributed by atoms with Gasteiger partial charge in [0, 0.05) is 0 Å². The molecule has 0 saturated carbocycles. The van der Waals surface area contributed by atoms with Crippen molar-refractivity contribution in [2.75, 3.05) is 12.0 Å². The molecule has 0 aliphatic rings. The van der Waals surface area contributed by atoms with Gasteiger partial charge in [-0.2, -0.15) is 17.0 Å². The molecule has 0 bridgehead atoms. The second-order valence-electron chi connectivity index (χ2n) is 4.13. The summed E-state index contributed by atoms with van der Waals surface area (Å²) in [4.78, 5) is 0. The maximum Gasteiger partial charge on any atom is 0.0991 e. The van der Waals surface area contributed by atoms with Crippen LogP contribution in [-0.4, -0.2) is 12.0 Å². The van der Waals surface area contributed by atoms with Crippen LogP contribution in [0, 0.1) is 11.3 Å². The van der Waals surface area contributed by atoms with Crippen LogP contribution in [0.4, 0.5) is 0 Å². The van der Waals surface area contributed by atoms with E-state index in [4.69, 9.17) is 5.26 Å². The van der Waals surface area contributed by atoms with Gasteiger partial charge in [-0.3, -0.25) is 0 Å². The highest BCUT2D eigenvalue weighted by atomic mass is 32.2. The van der Waals surface area contributed by atoms with E-state index in [0.717, 1.165) is 17.7 Å². The van der Waals surface area contributed by atoms with Crippen molar-refractivity contribution < 1.29 is 0 Å². The van der Waals surface area contributed by atoms with E-state index in [1.54, 1.807) is 0 Å². The lowest BCUT2D eigenvalue weighted by Crippen LogP contribution is -1.87. The summed E-state index contributed by atoms with van der Waals surface area (Å²) < 4.78 is 0. The summed E-state index contributed by atoms with van der Waals surface area (Å²) in [6, 6.07) is 18.5. The van der Waals surface area contributed by atoms with Crippen LogP contribution in [-0.2, 0) is 6.42 Å². The molecule has 0 radical (unpaired) electrons. The molecule has 1 nitrogen and oxygen atoms in total. The summed E-state index contributed by atoms with van der Waals surface area (Å²) in [5.41, 5.74) is 4.44. The number of benzene rings is 2. The first-order valence-corrected chi connectivity index (χ1v) is 7.31. The van der Waals surface area contributed by atoms with Gasteiger partial charge in [0.2, 0.25) is 0 Å². The predicted molar refractivity (Wildman–Crippen MR) is 78.7 cm³/mol. The summed E-state index contributed by atoms with van der Waals surface area (Å²) in [5, 5.41) is 8.77. The topological polar surface area (TPSA) is 23.8 Å². The summed E-state index contributed by atoms with van der Waals surface area (Å²) >= 11 is 1.87. The molecule has 0 saturated heterocycles. The fourth-order valence-electron chi connectivity index (χ4n) is 1.82. The van der Waals surface area contributed by atoms with Crippen molar-refractivity contribution >= 4 is 11.8 Å². The predicted octanol–water partition coefficient (Wildman–Crippen LogP) is 4.13. The molecule has 0 spiro atoms. The van der Waals surface area contributed by atoms with Crippen molar-refractivity contribution in [1.82, 2.24) is 0 Å². The molecule has 2 rings (SSSR count). The van der Waals surface area contributed by atoms with Gasteiger partial charge in [0.05, 0.1) is 11.6 Å². The SMILES string of the molecule is CSCCc1ccc(-c2ccc(C#N)cc2)cc1. The first-order chi connectivity index (χ1) is 8.83. The molecule has 0 fully saturated rings. The van der Waals surface area contributed by atoms with Crippen LogP contribution in [0.2, 0.25) is 0 Å². The molecule has 0 aromatic heterocycles. The number of nitrogens with zero attached hydrogens (tertiary/aromatic N) is 1. The van der Waals surface area contributed by atoms with Crippen molar-refractivity contribution in [2.24, 2.45) is 0 Å². The zero-order valence-electron chi connectivity index (χ0n) is 10.4. The lowest BCUT2D eigenvalue weighted by molar-refractivity contribution is 1.16. The standard InChI is InChI=1S/C16H15NS/c1-18-11-10-13-2-6-15(7-3-13)16-8-4-14(12-17)5-9-16/h2-9H,10-11H2,1H3. The van der Waals surface area contributed by atoms with Crippen LogP contribution in [0.5, 0.6) is 0 Å². The maximum absolute atomic E-state index is 8.77. The van der Waals surface area contributed by atoms with Crippen LogP contribution < -0.4 is 0 Å². The summed E-state index contributed by atoms with van der Waals surface area (Å²) in [6.45, 7) is 0. The largest absolute Gasteiger partial charge is 0.192 e. The molecule has 0 N–H and O–H groups in total. The van der Waals surface area contributed by atoms with E-state index in [-0.39, 0.29) is 0 Å². The molecule has 0 heterocycles. The molecule has 0 aliphatic carbocycles. The van der Waals surface area contributed by atoms with Gasteiger partial charge in [0.15, 0.2) is 0 Å². The maximum atomic E-state index is 8.77. The summed E-state index contributed by atoms with van der Waals surface area (Å²) in [6.07, 6.45) is 3.25. The van der Waals surface area contributed by atoms with Gasteiger partial charge >= 0.3 is 0 Å². The van der Waals surface area contributed by atoms with E-state index in [0.29, 0.717) is 5.56 Å². The third-order valence-electron chi connectivity index (χ3n) is 2.90. The third kappa shape index (κ3) is 3.15. The van der Waals surface area contributed by atoms with Crippen molar-refractivity contribution in [3.05, 3.63) is 59.7 Å². The van der Waals surface area contributed by atoms with Crippen LogP contribution in [0.3, 0.4) is 0 Å². The molecule has 18 heavy (non-hydrogen) atoms. The molecular weight excluding hydrogens is 238 g/mol. The quantitative estimate of drug-likeness (QED) is 0.818. The number of thioether (sulfide) groups is 1. The molecule has 0 unspecified atom stereocenters. The van der Waals surface area contributed by atoms with Crippen molar-refractivity contribution in [3.8, 4) is 17.2 Å². The van der Waals surface area contributed by atoms with E-state index < -0.39 is 0 Å². The number of aryl methyl sites for hydroxylation is 1. The Balaban J connectivity index is 2.15. The second kappa shape index (κ2) is 6.28. The molecule has 90 valence electrons. The molecule has 2 aromatic carbocycles. The first kappa shape index (κ1) is 12.7. The van der Waals surface area contributed by atoms with Gasteiger partial charge in [0.25, 0.3) is 0 Å². The number of nitriles is 1. The number of hydrogen-bond donors (Lipinski definition) is 0. The fraction of sp³-hybridized carbons (Fsp3) is 0.188. The first-order valence-electron chi connectivity index (χ1n) is 5.92. The van der Waals surface area contributed by atoms with Crippen molar-refractivity contribution in [3.63, 3.8) is 0 Å². The van der Waals surface area contributed by atoms with Gasteiger partial charge in [-0.05, 0) is 47.3 Å². The van der Waals surface area contributed by atoms with E-state index in [1.807, 2.05) is 36.0 Å². The minimum atomic E-state index is 0.704. The lowest BCUT2D eigenvalue weighted by atomic mass is 10.0. The van der Waals surface area contributed by atoms with Gasteiger partial charge in [-0.1, -0.05) is 36.4 Å². The Morgan fingerprint density at radius 2 is 1.50 bits per heavy atom. The highest BCUT2D eigenvalue weighted by Gasteiger charge is 1.98. The highest BCUT2D eigenvalue weighted by Crippen LogP contribution is 2.20. The Hall–Kier alpha value is -1.72. The third-order valence-corrected chi connectivity index (χ3v) is 3.51. The lowest BCUT2D eigenvalue weighted by Gasteiger charge is -2.04. The molecule has 0 atom stereocenters. The Morgan fingerprint density at radius 3 is 2.00 bits per heavy atom. The zero-order valence-corrected chi connectivity index (χ0v) is 11.2. The molecule has 2 heteroatoms. The Bertz CT molecular complexity index is 535. The Morgan fingerprint density at radius 1 is 0.944 bits per heavy atom. The summed E-state index contributed by atoms with van der Waals surface area (Å²) in [7, 11) is 0. The molecule has 2 aromatic rings. The van der Waals surface area contributed by atoms with Crippen LogP contribution in [0.25, 0.3) is 11.1 Å². The van der Waals surface area contributed by atoms with Crippen LogP contribution >= 0.6 is 11.8 Å². The number of rotatable bonds is 4. The zero-order chi connectivity index (χ0) is 12.8. The van der Waals surface area contributed by atoms with E-state index in [2.05, 4.69) is 36.6 Å². The van der Waals surface area contributed by atoms with Gasteiger partial charge in [-0.25, -0.2) is 0 Å². The highest BCUT2D eigenvalue weighted by molar-refractivity contribution is 7.98. The van der Waals surface area contributed by atoms with Gasteiger partial charge in [-0.15, -0.1) is 0 Å². The van der Waals surface area contributed by atoms with E-state index >= 15 is 0 Å². The Kier molecular flexibility index (Phi) is 4.44. The van der Waals surface area contributed by atoms with Crippen molar-refractivity contribution in [2.45, 2.75) is 6.42 Å². The number of hydrogen-bond acceptors (Lipinski definition) is 2. The minimum Gasteiger partial charge on any atom is -0.192 e. The Labute approximate surface area is 112 Å². The fourth-order valence-corrected chi connectivity index (χ4v) is 2.26. The van der Waals surface area contributed by atoms with E-state index in [9.17, 15) is 0 Å². The average Bonchev–Trinajstić information content (AvgIpc) is 2.46. The second-order valence-corrected chi connectivity index (χ2v) is 5.11.